The number of nitrogens with one attached hydrogen (secondary N) is 1. The number of hydrogen-bond acceptors (Lipinski definition) is 4. The number of esters is 1. The van der Waals surface area contributed by atoms with E-state index in [0.717, 1.165) is 5.56 Å². The number of rotatable bonds is 7. The Labute approximate surface area is 155 Å². The standard InChI is InChI=1S/C18H17Cl2NO4/c1-24-18(23)11-25-15-7-5-14(6-8-15)21-17(22)9-3-12-2-4-13(19)10-16(12)20/h2,4-8,10H,3,9,11H2,1H3,(H,21,22). The summed E-state index contributed by atoms with van der Waals surface area (Å²) < 4.78 is 9.72. The zero-order valence-corrected chi connectivity index (χ0v) is 15.1. The first-order valence-corrected chi connectivity index (χ1v) is 8.27. The SMILES string of the molecule is COC(=O)COc1ccc(NC(=O)CCc2ccc(Cl)cc2Cl)cc1. The first-order chi connectivity index (χ1) is 12.0. The van der Waals surface area contributed by atoms with Gasteiger partial charge in [-0.15, -0.1) is 0 Å². The van der Waals surface area contributed by atoms with Crippen molar-refractivity contribution in [3.8, 4) is 5.75 Å². The number of methoxy groups -OCH3 is 1. The Hall–Kier alpha value is -2.24. The normalized spacial score (nSPS) is 10.2. The summed E-state index contributed by atoms with van der Waals surface area (Å²) >= 11 is 11.9. The van der Waals surface area contributed by atoms with Gasteiger partial charge in [-0.1, -0.05) is 29.3 Å². The minimum absolute atomic E-state index is 0.130. The van der Waals surface area contributed by atoms with E-state index in [1.807, 2.05) is 6.07 Å². The zero-order valence-electron chi connectivity index (χ0n) is 13.6. The number of carbonyl (C=O) groups is 2. The number of aryl methyl sites for hydroxylation is 1. The van der Waals surface area contributed by atoms with Crippen molar-refractivity contribution in [3.63, 3.8) is 0 Å². The van der Waals surface area contributed by atoms with Gasteiger partial charge in [0, 0.05) is 22.2 Å². The van der Waals surface area contributed by atoms with Gasteiger partial charge in [0.2, 0.25) is 5.91 Å². The highest BCUT2D eigenvalue weighted by molar-refractivity contribution is 6.35. The van der Waals surface area contributed by atoms with Gasteiger partial charge in [-0.25, -0.2) is 4.79 Å². The van der Waals surface area contributed by atoms with Gasteiger partial charge in [-0.2, -0.15) is 0 Å². The molecule has 1 N–H and O–H groups in total. The molecule has 0 unspecified atom stereocenters. The fourth-order valence-electron chi connectivity index (χ4n) is 2.03. The van der Waals surface area contributed by atoms with Crippen molar-refractivity contribution in [2.75, 3.05) is 19.0 Å². The molecule has 0 fully saturated rings. The molecule has 0 saturated carbocycles. The average molecular weight is 382 g/mol. The van der Waals surface area contributed by atoms with Crippen LogP contribution in [0.1, 0.15) is 12.0 Å². The van der Waals surface area contributed by atoms with Crippen LogP contribution in [0, 0.1) is 0 Å². The molecule has 132 valence electrons. The van der Waals surface area contributed by atoms with Gasteiger partial charge < -0.3 is 14.8 Å². The second-order valence-electron chi connectivity index (χ2n) is 5.17. The van der Waals surface area contributed by atoms with Crippen LogP contribution in [0.25, 0.3) is 0 Å². The highest BCUT2D eigenvalue weighted by Gasteiger charge is 2.07. The largest absolute Gasteiger partial charge is 0.482 e. The average Bonchev–Trinajstić information content (AvgIpc) is 2.60. The van der Waals surface area contributed by atoms with Crippen LogP contribution in [0.3, 0.4) is 0 Å². The zero-order chi connectivity index (χ0) is 18.2. The number of amides is 1. The molecule has 0 radical (unpaired) electrons. The predicted octanol–water partition coefficient (Wildman–Crippen LogP) is 4.12. The van der Waals surface area contributed by atoms with Crippen LogP contribution in [-0.2, 0) is 20.7 Å². The first-order valence-electron chi connectivity index (χ1n) is 7.51. The second kappa shape index (κ2) is 9.30. The molecule has 2 rings (SSSR count). The highest BCUT2D eigenvalue weighted by Crippen LogP contribution is 2.22. The van der Waals surface area contributed by atoms with Crippen LogP contribution in [0.5, 0.6) is 5.75 Å². The predicted molar refractivity (Wildman–Crippen MR) is 97.4 cm³/mol. The van der Waals surface area contributed by atoms with E-state index in [2.05, 4.69) is 10.1 Å². The molecule has 7 heteroatoms. The molecule has 0 spiro atoms. The van der Waals surface area contributed by atoms with Gasteiger partial charge in [-0.05, 0) is 48.4 Å². The Bertz CT molecular complexity index is 747. The molecule has 1 amide bonds. The molecule has 0 aliphatic rings. The fraction of sp³-hybridized carbons (Fsp3) is 0.222. The maximum Gasteiger partial charge on any atom is 0.343 e. The smallest absolute Gasteiger partial charge is 0.343 e. The van der Waals surface area contributed by atoms with Crippen molar-refractivity contribution in [3.05, 3.63) is 58.1 Å². The van der Waals surface area contributed by atoms with E-state index in [1.54, 1.807) is 36.4 Å². The van der Waals surface area contributed by atoms with Gasteiger partial charge in [0.1, 0.15) is 5.75 Å². The van der Waals surface area contributed by atoms with Crippen LogP contribution < -0.4 is 10.1 Å². The van der Waals surface area contributed by atoms with Crippen LogP contribution >= 0.6 is 23.2 Å². The summed E-state index contributed by atoms with van der Waals surface area (Å²) in [4.78, 5) is 23.0. The van der Waals surface area contributed by atoms with Gasteiger partial charge in [0.25, 0.3) is 0 Å². The highest BCUT2D eigenvalue weighted by atomic mass is 35.5. The molecule has 0 saturated heterocycles. The van der Waals surface area contributed by atoms with E-state index in [0.29, 0.717) is 34.3 Å². The Balaban J connectivity index is 1.82. The van der Waals surface area contributed by atoms with E-state index < -0.39 is 5.97 Å². The minimum atomic E-state index is -0.460. The van der Waals surface area contributed by atoms with Gasteiger partial charge in [0.15, 0.2) is 6.61 Å². The molecule has 0 aliphatic heterocycles. The lowest BCUT2D eigenvalue weighted by Gasteiger charge is -2.08. The van der Waals surface area contributed by atoms with Gasteiger partial charge in [-0.3, -0.25) is 4.79 Å². The maximum absolute atomic E-state index is 12.0. The fourth-order valence-corrected chi connectivity index (χ4v) is 2.53. The van der Waals surface area contributed by atoms with Crippen molar-refractivity contribution in [1.29, 1.82) is 0 Å². The molecule has 0 aromatic heterocycles. The third kappa shape index (κ3) is 6.29. The monoisotopic (exact) mass is 381 g/mol. The van der Waals surface area contributed by atoms with Gasteiger partial charge in [0.05, 0.1) is 7.11 Å². The number of halogens is 2. The number of hydrogen-bond donors (Lipinski definition) is 1. The summed E-state index contributed by atoms with van der Waals surface area (Å²) in [5.74, 6) is -0.0798. The number of anilines is 1. The molecule has 5 nitrogen and oxygen atoms in total. The molecular formula is C18H17Cl2NO4. The third-order valence-electron chi connectivity index (χ3n) is 3.36. The Morgan fingerprint density at radius 1 is 1.08 bits per heavy atom. The Morgan fingerprint density at radius 2 is 1.80 bits per heavy atom. The van der Waals surface area contributed by atoms with Crippen molar-refractivity contribution >= 4 is 40.8 Å². The van der Waals surface area contributed by atoms with Crippen LogP contribution in [0.4, 0.5) is 5.69 Å². The molecule has 2 aromatic carbocycles. The lowest BCUT2D eigenvalue weighted by Crippen LogP contribution is -2.13. The summed E-state index contributed by atoms with van der Waals surface area (Å²) in [5.41, 5.74) is 1.50. The van der Waals surface area contributed by atoms with E-state index in [1.165, 1.54) is 7.11 Å². The molecule has 0 aliphatic carbocycles. The third-order valence-corrected chi connectivity index (χ3v) is 3.95. The Kier molecular flexibility index (Phi) is 7.10. The number of benzene rings is 2. The number of carbonyl (C=O) groups excluding carboxylic acids is 2. The molecular weight excluding hydrogens is 365 g/mol. The van der Waals surface area contributed by atoms with Crippen molar-refractivity contribution in [2.45, 2.75) is 12.8 Å². The minimum Gasteiger partial charge on any atom is -0.482 e. The summed E-state index contributed by atoms with van der Waals surface area (Å²) in [7, 11) is 1.29. The summed E-state index contributed by atoms with van der Waals surface area (Å²) in [5, 5.41) is 3.90. The topological polar surface area (TPSA) is 64.6 Å². The number of ether oxygens (including phenoxy) is 2. The van der Waals surface area contributed by atoms with Crippen molar-refractivity contribution in [2.24, 2.45) is 0 Å². The van der Waals surface area contributed by atoms with Gasteiger partial charge >= 0.3 is 5.97 Å². The van der Waals surface area contributed by atoms with E-state index in [-0.39, 0.29) is 12.5 Å². The van der Waals surface area contributed by atoms with E-state index in [4.69, 9.17) is 27.9 Å². The van der Waals surface area contributed by atoms with Crippen LogP contribution in [-0.4, -0.2) is 25.6 Å². The Morgan fingerprint density at radius 3 is 2.44 bits per heavy atom. The maximum atomic E-state index is 12.0. The second-order valence-corrected chi connectivity index (χ2v) is 6.02. The molecule has 0 atom stereocenters. The molecule has 0 bridgehead atoms. The van der Waals surface area contributed by atoms with Crippen molar-refractivity contribution in [1.82, 2.24) is 0 Å². The molecule has 2 aromatic rings. The first kappa shape index (κ1) is 19.1. The summed E-state index contributed by atoms with van der Waals surface area (Å²) in [6.07, 6.45) is 0.810. The molecule has 0 heterocycles. The molecule has 25 heavy (non-hydrogen) atoms. The lowest BCUT2D eigenvalue weighted by molar-refractivity contribution is -0.142. The summed E-state index contributed by atoms with van der Waals surface area (Å²) in [6.45, 7) is -0.163. The van der Waals surface area contributed by atoms with Crippen LogP contribution in [0.15, 0.2) is 42.5 Å². The van der Waals surface area contributed by atoms with Crippen molar-refractivity contribution < 1.29 is 19.1 Å². The van der Waals surface area contributed by atoms with E-state index in [9.17, 15) is 9.59 Å². The summed E-state index contributed by atoms with van der Waals surface area (Å²) in [6, 6.07) is 11.9. The van der Waals surface area contributed by atoms with Crippen LogP contribution in [0.2, 0.25) is 10.0 Å². The quantitative estimate of drug-likeness (QED) is 0.732. The lowest BCUT2D eigenvalue weighted by atomic mass is 10.1. The van der Waals surface area contributed by atoms with E-state index >= 15 is 0 Å².